The van der Waals surface area contributed by atoms with Crippen molar-refractivity contribution >= 4 is 5.82 Å². The summed E-state index contributed by atoms with van der Waals surface area (Å²) in [7, 11) is 0. The lowest BCUT2D eigenvalue weighted by atomic mass is 10.0. The van der Waals surface area contributed by atoms with Gasteiger partial charge >= 0.3 is 0 Å². The molecule has 1 fully saturated rings. The highest BCUT2D eigenvalue weighted by Crippen LogP contribution is 2.36. The van der Waals surface area contributed by atoms with Crippen LogP contribution in [0.5, 0.6) is 0 Å². The average molecular weight is 223 g/mol. The molecule has 1 aliphatic rings. The Morgan fingerprint density at radius 2 is 2.12 bits per heavy atom. The number of aliphatic hydroxyl groups excluding tert-OH is 1. The summed E-state index contributed by atoms with van der Waals surface area (Å²) in [4.78, 5) is 0. The number of aromatic nitrogens is 2. The molecule has 2 rings (SSSR count). The van der Waals surface area contributed by atoms with E-state index in [9.17, 15) is 5.11 Å². The van der Waals surface area contributed by atoms with E-state index in [4.69, 9.17) is 5.73 Å². The van der Waals surface area contributed by atoms with Crippen LogP contribution in [-0.4, -0.2) is 21.0 Å². The van der Waals surface area contributed by atoms with Crippen LogP contribution in [0, 0.1) is 0 Å². The van der Waals surface area contributed by atoms with Crippen LogP contribution in [0.2, 0.25) is 0 Å². The molecule has 90 valence electrons. The Morgan fingerprint density at radius 3 is 2.62 bits per heavy atom. The summed E-state index contributed by atoms with van der Waals surface area (Å²) >= 11 is 0. The van der Waals surface area contributed by atoms with E-state index >= 15 is 0 Å². The van der Waals surface area contributed by atoms with Crippen molar-refractivity contribution in [2.75, 3.05) is 5.73 Å². The van der Waals surface area contributed by atoms with Gasteiger partial charge in [-0.2, -0.15) is 5.10 Å². The van der Waals surface area contributed by atoms with Crippen LogP contribution in [0.15, 0.2) is 6.07 Å². The maximum Gasteiger partial charge on any atom is 0.145 e. The molecule has 2 unspecified atom stereocenters. The molecule has 1 aliphatic carbocycles. The predicted molar refractivity (Wildman–Crippen MR) is 64.2 cm³/mol. The van der Waals surface area contributed by atoms with Gasteiger partial charge in [0.25, 0.3) is 0 Å². The highest BCUT2D eigenvalue weighted by atomic mass is 16.3. The van der Waals surface area contributed by atoms with Gasteiger partial charge in [0.1, 0.15) is 5.82 Å². The Kier molecular flexibility index (Phi) is 2.70. The first-order valence-electron chi connectivity index (χ1n) is 5.92. The Hall–Kier alpha value is -1.03. The second-order valence-electron chi connectivity index (χ2n) is 5.74. The minimum Gasteiger partial charge on any atom is -0.393 e. The van der Waals surface area contributed by atoms with E-state index < -0.39 is 0 Å². The van der Waals surface area contributed by atoms with E-state index in [1.54, 1.807) is 0 Å². The van der Waals surface area contributed by atoms with E-state index in [2.05, 4.69) is 25.9 Å². The largest absolute Gasteiger partial charge is 0.393 e. The minimum absolute atomic E-state index is 0.0551. The van der Waals surface area contributed by atoms with Gasteiger partial charge in [0.2, 0.25) is 0 Å². The summed E-state index contributed by atoms with van der Waals surface area (Å²) in [5.41, 5.74) is 6.90. The number of aliphatic hydroxyl groups is 1. The molecule has 0 amide bonds. The van der Waals surface area contributed by atoms with E-state index in [1.165, 1.54) is 5.69 Å². The molecule has 2 atom stereocenters. The predicted octanol–water partition coefficient (Wildman–Crippen LogP) is 1.85. The zero-order valence-corrected chi connectivity index (χ0v) is 10.3. The fourth-order valence-electron chi connectivity index (χ4n) is 2.47. The molecule has 0 aliphatic heterocycles. The number of nitrogens with zero attached hydrogens (tertiary/aromatic N) is 2. The van der Waals surface area contributed by atoms with Gasteiger partial charge in [0.15, 0.2) is 0 Å². The second-order valence-corrected chi connectivity index (χ2v) is 5.74. The summed E-state index contributed by atoms with van der Waals surface area (Å²) in [5, 5.41) is 14.0. The van der Waals surface area contributed by atoms with Crippen molar-refractivity contribution in [2.45, 2.75) is 57.6 Å². The van der Waals surface area contributed by atoms with Gasteiger partial charge in [-0.3, -0.25) is 4.68 Å². The Balaban J connectivity index is 2.33. The van der Waals surface area contributed by atoms with Crippen LogP contribution in [-0.2, 0) is 5.54 Å². The molecule has 1 heterocycles. The van der Waals surface area contributed by atoms with E-state index in [-0.39, 0.29) is 11.6 Å². The van der Waals surface area contributed by atoms with Gasteiger partial charge in [-0.15, -0.1) is 0 Å². The standard InChI is InChI=1S/C12H21N3O/c1-12(2,3)15-10(7-11(13)14-15)8-4-5-9(16)6-8/h7-9,16H,4-6H2,1-3H3,(H2,13,14). The summed E-state index contributed by atoms with van der Waals surface area (Å²) in [5.74, 6) is 0.977. The molecule has 1 saturated carbocycles. The van der Waals surface area contributed by atoms with Crippen LogP contribution >= 0.6 is 0 Å². The molecule has 0 radical (unpaired) electrons. The van der Waals surface area contributed by atoms with Crippen molar-refractivity contribution in [3.8, 4) is 0 Å². The summed E-state index contributed by atoms with van der Waals surface area (Å²) in [6.07, 6.45) is 2.60. The smallest absolute Gasteiger partial charge is 0.145 e. The normalized spacial score (nSPS) is 26.2. The van der Waals surface area contributed by atoms with Crippen molar-refractivity contribution in [1.29, 1.82) is 0 Å². The summed E-state index contributed by atoms with van der Waals surface area (Å²) < 4.78 is 2.00. The molecule has 4 nitrogen and oxygen atoms in total. The monoisotopic (exact) mass is 223 g/mol. The molecule has 16 heavy (non-hydrogen) atoms. The van der Waals surface area contributed by atoms with Crippen LogP contribution in [0.25, 0.3) is 0 Å². The van der Waals surface area contributed by atoms with Crippen molar-refractivity contribution in [1.82, 2.24) is 9.78 Å². The number of hydrogen-bond acceptors (Lipinski definition) is 3. The fourth-order valence-corrected chi connectivity index (χ4v) is 2.47. The number of anilines is 1. The lowest BCUT2D eigenvalue weighted by Gasteiger charge is -2.24. The van der Waals surface area contributed by atoms with Crippen LogP contribution in [0.3, 0.4) is 0 Å². The van der Waals surface area contributed by atoms with Gasteiger partial charge < -0.3 is 10.8 Å². The number of nitrogens with two attached hydrogens (primary N) is 1. The van der Waals surface area contributed by atoms with E-state index in [1.807, 2.05) is 10.7 Å². The number of nitrogen functional groups attached to an aromatic ring is 1. The third-order valence-corrected chi connectivity index (χ3v) is 3.21. The van der Waals surface area contributed by atoms with Crippen LogP contribution in [0.1, 0.15) is 51.6 Å². The first-order chi connectivity index (χ1) is 7.38. The van der Waals surface area contributed by atoms with Crippen LogP contribution in [0.4, 0.5) is 5.82 Å². The van der Waals surface area contributed by atoms with Gasteiger partial charge in [0.05, 0.1) is 11.6 Å². The van der Waals surface area contributed by atoms with Crippen LogP contribution < -0.4 is 5.73 Å². The minimum atomic E-state index is -0.158. The van der Waals surface area contributed by atoms with Crippen molar-refractivity contribution < 1.29 is 5.11 Å². The highest BCUT2D eigenvalue weighted by molar-refractivity contribution is 5.32. The fraction of sp³-hybridized carbons (Fsp3) is 0.750. The zero-order valence-electron chi connectivity index (χ0n) is 10.3. The van der Waals surface area contributed by atoms with Gasteiger partial charge in [-0.1, -0.05) is 0 Å². The van der Waals surface area contributed by atoms with Gasteiger partial charge in [-0.05, 0) is 40.0 Å². The molecular weight excluding hydrogens is 202 g/mol. The highest BCUT2D eigenvalue weighted by Gasteiger charge is 2.30. The zero-order chi connectivity index (χ0) is 11.9. The first-order valence-corrected chi connectivity index (χ1v) is 5.92. The lowest BCUT2D eigenvalue weighted by Crippen LogP contribution is -2.26. The quantitative estimate of drug-likeness (QED) is 0.763. The molecule has 1 aromatic rings. The Bertz CT molecular complexity index is 378. The Morgan fingerprint density at radius 1 is 1.44 bits per heavy atom. The molecule has 0 bridgehead atoms. The lowest BCUT2D eigenvalue weighted by molar-refractivity contribution is 0.180. The molecule has 3 N–H and O–H groups in total. The van der Waals surface area contributed by atoms with Gasteiger partial charge in [-0.25, -0.2) is 0 Å². The molecule has 0 saturated heterocycles. The Labute approximate surface area is 96.5 Å². The van der Waals surface area contributed by atoms with E-state index in [0.717, 1.165) is 19.3 Å². The van der Waals surface area contributed by atoms with Crippen molar-refractivity contribution in [2.24, 2.45) is 0 Å². The first kappa shape index (κ1) is 11.5. The SMILES string of the molecule is CC(C)(C)n1nc(N)cc1C1CCC(O)C1. The maximum absolute atomic E-state index is 9.60. The summed E-state index contributed by atoms with van der Waals surface area (Å²) in [6.45, 7) is 6.36. The third-order valence-electron chi connectivity index (χ3n) is 3.21. The molecule has 4 heteroatoms. The number of rotatable bonds is 1. The molecule has 1 aromatic heterocycles. The molecular formula is C12H21N3O. The average Bonchev–Trinajstić information content (AvgIpc) is 2.70. The molecule has 0 spiro atoms. The molecule has 0 aromatic carbocycles. The second kappa shape index (κ2) is 3.77. The topological polar surface area (TPSA) is 64.1 Å². The summed E-state index contributed by atoms with van der Waals surface area (Å²) in [6, 6.07) is 1.95. The maximum atomic E-state index is 9.60. The van der Waals surface area contributed by atoms with Crippen molar-refractivity contribution in [3.63, 3.8) is 0 Å². The third kappa shape index (κ3) is 2.07. The van der Waals surface area contributed by atoms with Gasteiger partial charge in [0, 0.05) is 17.7 Å². The van der Waals surface area contributed by atoms with E-state index in [0.29, 0.717) is 11.7 Å². The van der Waals surface area contributed by atoms with Crippen molar-refractivity contribution in [3.05, 3.63) is 11.8 Å². The number of hydrogen-bond donors (Lipinski definition) is 2.